The van der Waals surface area contributed by atoms with E-state index in [2.05, 4.69) is 20.3 Å². The van der Waals surface area contributed by atoms with Gasteiger partial charge >= 0.3 is 6.18 Å². The van der Waals surface area contributed by atoms with Gasteiger partial charge in [-0.25, -0.2) is 15.0 Å². The highest BCUT2D eigenvalue weighted by atomic mass is 32.2. The van der Waals surface area contributed by atoms with E-state index in [1.807, 2.05) is 0 Å². The summed E-state index contributed by atoms with van der Waals surface area (Å²) in [6.07, 6.45) is -2.18. The predicted octanol–water partition coefficient (Wildman–Crippen LogP) is 2.30. The van der Waals surface area contributed by atoms with Crippen molar-refractivity contribution >= 4 is 22.7 Å². The molecule has 142 valence electrons. The second kappa shape index (κ2) is 7.16. The van der Waals surface area contributed by atoms with E-state index in [-0.39, 0.29) is 22.7 Å². The Bertz CT molecular complexity index is 1010. The third-order valence-corrected chi connectivity index (χ3v) is 5.05. The Morgan fingerprint density at radius 3 is 2.70 bits per heavy atom. The van der Waals surface area contributed by atoms with Gasteiger partial charge in [0.05, 0.1) is 0 Å². The highest BCUT2D eigenvalue weighted by Gasteiger charge is 2.33. The molecule has 0 aliphatic rings. The quantitative estimate of drug-likeness (QED) is 0.682. The number of nitrogens with one attached hydrogen (secondary N) is 1. The summed E-state index contributed by atoms with van der Waals surface area (Å²) in [5.74, 6) is -0.142. The number of hydrogen-bond donors (Lipinski definition) is 1. The highest BCUT2D eigenvalue weighted by molar-refractivity contribution is 7.91. The van der Waals surface area contributed by atoms with Crippen molar-refractivity contribution < 1.29 is 22.5 Å². The molecule has 11 heteroatoms. The number of halogens is 3. The molecule has 3 aromatic rings. The average Bonchev–Trinajstić information content (AvgIpc) is 3.08. The molecule has 1 unspecified atom stereocenters. The van der Waals surface area contributed by atoms with Crippen LogP contribution in [0.4, 0.5) is 13.2 Å². The maximum Gasteiger partial charge on any atom is 0.433 e. The topological polar surface area (TPSA) is 95.2 Å². The number of rotatable bonds is 4. The van der Waals surface area contributed by atoms with Crippen LogP contribution < -0.4 is 5.32 Å². The minimum atomic E-state index is -4.60. The lowest BCUT2D eigenvalue weighted by atomic mass is 10.2. The summed E-state index contributed by atoms with van der Waals surface area (Å²) in [4.78, 5) is 24.0. The number of carbonyl (C=O) groups excluding carboxylic acids is 1. The summed E-state index contributed by atoms with van der Waals surface area (Å²) >= 11 is -1.41. The molecule has 1 amide bonds. The van der Waals surface area contributed by atoms with Crippen molar-refractivity contribution in [2.75, 3.05) is 12.8 Å². The first-order chi connectivity index (χ1) is 12.7. The fourth-order valence-corrected chi connectivity index (χ4v) is 3.28. The summed E-state index contributed by atoms with van der Waals surface area (Å²) in [5, 5.41) is 2.44. The number of alkyl halides is 3. The number of aromatic nitrogens is 4. The Morgan fingerprint density at radius 1 is 1.33 bits per heavy atom. The predicted molar refractivity (Wildman–Crippen MR) is 91.6 cm³/mol. The van der Waals surface area contributed by atoms with Crippen molar-refractivity contribution in [2.24, 2.45) is 0 Å². The summed E-state index contributed by atoms with van der Waals surface area (Å²) in [5.41, 5.74) is -0.619. The van der Waals surface area contributed by atoms with E-state index >= 15 is 0 Å². The Balaban J connectivity index is 2.17. The van der Waals surface area contributed by atoms with Crippen LogP contribution in [0, 0.1) is 0 Å². The molecular weight excluding hydrogens is 383 g/mol. The summed E-state index contributed by atoms with van der Waals surface area (Å²) in [7, 11) is 1.44. The molecule has 0 aromatic carbocycles. The van der Waals surface area contributed by atoms with Gasteiger partial charge < -0.3 is 9.87 Å². The summed E-state index contributed by atoms with van der Waals surface area (Å²) < 4.78 is 52.2. The maximum atomic E-state index is 12.8. The smallest absolute Gasteiger partial charge is 0.433 e. The molecule has 3 aromatic heterocycles. The van der Waals surface area contributed by atoms with E-state index in [9.17, 15) is 22.5 Å². The first kappa shape index (κ1) is 19.1. The number of imidazole rings is 1. The van der Waals surface area contributed by atoms with E-state index in [1.165, 1.54) is 29.8 Å². The van der Waals surface area contributed by atoms with Crippen LogP contribution in [0.25, 0.3) is 17.0 Å². The molecule has 1 atom stereocenters. The second-order valence-corrected chi connectivity index (χ2v) is 7.13. The van der Waals surface area contributed by atoms with Crippen molar-refractivity contribution in [2.45, 2.75) is 18.0 Å². The number of amides is 1. The monoisotopic (exact) mass is 397 g/mol. The number of carbonyl (C=O) groups is 1. The van der Waals surface area contributed by atoms with Gasteiger partial charge in [-0.2, -0.15) is 13.2 Å². The zero-order chi connectivity index (χ0) is 19.8. The lowest BCUT2D eigenvalue weighted by Gasteiger charge is -2.11. The third-order valence-electron chi connectivity index (χ3n) is 3.71. The van der Waals surface area contributed by atoms with Crippen LogP contribution in [0.5, 0.6) is 0 Å². The van der Waals surface area contributed by atoms with Crippen molar-refractivity contribution in [3.63, 3.8) is 0 Å². The van der Waals surface area contributed by atoms with Gasteiger partial charge in [-0.1, -0.05) is 0 Å². The standard InChI is InChI=1S/C16H14F3N5O2S/c1-3-27(26)11-5-4-9(15(25)20-2)23-14(11)10-7-24-8-21-12(16(17,18)19)6-13(24)22-10/h4-8H,3H2,1-2H3,(H,20,25). The molecular formula is C16H14F3N5O2S. The first-order valence-corrected chi connectivity index (χ1v) is 9.10. The van der Waals surface area contributed by atoms with Crippen LogP contribution in [0.1, 0.15) is 23.1 Å². The van der Waals surface area contributed by atoms with Gasteiger partial charge in [0.25, 0.3) is 5.91 Å². The van der Waals surface area contributed by atoms with Gasteiger partial charge in [-0.05, 0) is 30.2 Å². The van der Waals surface area contributed by atoms with Crippen LogP contribution in [-0.4, -0.2) is 42.6 Å². The molecule has 0 saturated carbocycles. The molecule has 0 saturated heterocycles. The number of hydrogen-bond acceptors (Lipinski definition) is 5. The Hall–Kier alpha value is -2.66. The maximum absolute atomic E-state index is 12.8. The molecule has 0 radical (unpaired) electrons. The van der Waals surface area contributed by atoms with Gasteiger partial charge in [-0.15, -0.1) is 0 Å². The van der Waals surface area contributed by atoms with E-state index < -0.39 is 29.0 Å². The molecule has 7 nitrogen and oxygen atoms in total. The molecule has 3 heterocycles. The summed E-state index contributed by atoms with van der Waals surface area (Å²) in [6.45, 7) is 1.72. The summed E-state index contributed by atoms with van der Waals surface area (Å²) in [6, 6.07) is 3.75. The van der Waals surface area contributed by atoms with Crippen molar-refractivity contribution in [3.8, 4) is 11.4 Å². The Kier molecular flexibility index (Phi) is 5.07. The fraction of sp³-hybridized carbons (Fsp3) is 0.250. The van der Waals surface area contributed by atoms with Crippen LogP contribution in [0.15, 0.2) is 35.6 Å². The normalized spacial score (nSPS) is 13.0. The van der Waals surface area contributed by atoms with Gasteiger partial charge in [0, 0.05) is 19.3 Å². The lowest BCUT2D eigenvalue weighted by Crippen LogP contribution is -2.20. The first-order valence-electron chi connectivity index (χ1n) is 7.78. The molecule has 0 bridgehead atoms. The van der Waals surface area contributed by atoms with Crippen molar-refractivity contribution in [1.82, 2.24) is 24.7 Å². The van der Waals surface area contributed by atoms with Crippen LogP contribution >= 0.6 is 0 Å². The van der Waals surface area contributed by atoms with Crippen LogP contribution in [-0.2, 0) is 17.4 Å². The van der Waals surface area contributed by atoms with Crippen molar-refractivity contribution in [3.05, 3.63) is 42.1 Å². The zero-order valence-corrected chi connectivity index (χ0v) is 15.1. The molecule has 0 spiro atoms. The molecule has 3 rings (SSSR count). The Labute approximate surface area is 154 Å². The Morgan fingerprint density at radius 2 is 2.07 bits per heavy atom. The largest absolute Gasteiger partial charge is 0.611 e. The van der Waals surface area contributed by atoms with Gasteiger partial charge in [0.15, 0.2) is 4.90 Å². The zero-order valence-electron chi connectivity index (χ0n) is 14.2. The minimum Gasteiger partial charge on any atom is -0.611 e. The molecule has 0 aliphatic carbocycles. The minimum absolute atomic E-state index is 0.00713. The number of pyridine rings is 1. The van der Waals surface area contributed by atoms with E-state index in [4.69, 9.17) is 0 Å². The molecule has 0 aliphatic heterocycles. The second-order valence-electron chi connectivity index (χ2n) is 5.42. The molecule has 1 N–H and O–H groups in total. The van der Waals surface area contributed by atoms with Gasteiger partial charge in [0.1, 0.15) is 40.5 Å². The van der Waals surface area contributed by atoms with E-state index in [0.29, 0.717) is 10.6 Å². The SMILES string of the molecule is CC[S+]([O-])c1ccc(C(=O)NC)nc1-c1cn2cnc(C(F)(F)F)cc2n1. The fourth-order valence-electron chi connectivity index (χ4n) is 2.38. The average molecular weight is 397 g/mol. The van der Waals surface area contributed by atoms with Gasteiger partial charge in [-0.3, -0.25) is 9.20 Å². The lowest BCUT2D eigenvalue weighted by molar-refractivity contribution is -0.141. The van der Waals surface area contributed by atoms with Crippen molar-refractivity contribution in [1.29, 1.82) is 0 Å². The molecule has 0 fully saturated rings. The van der Waals surface area contributed by atoms with Gasteiger partial charge in [0.2, 0.25) is 0 Å². The molecule has 27 heavy (non-hydrogen) atoms. The van der Waals surface area contributed by atoms with Crippen LogP contribution in [0.2, 0.25) is 0 Å². The third kappa shape index (κ3) is 3.74. The van der Waals surface area contributed by atoms with E-state index in [0.717, 1.165) is 12.4 Å². The highest BCUT2D eigenvalue weighted by Crippen LogP contribution is 2.30. The van der Waals surface area contributed by atoms with E-state index in [1.54, 1.807) is 6.92 Å². The number of fused-ring (bicyclic) bond motifs is 1. The number of nitrogens with zero attached hydrogens (tertiary/aromatic N) is 4. The van der Waals surface area contributed by atoms with Crippen LogP contribution in [0.3, 0.4) is 0 Å².